The van der Waals surface area contributed by atoms with Crippen molar-refractivity contribution in [1.82, 2.24) is 0 Å². The Morgan fingerprint density at radius 1 is 0.225 bits per heavy atom. The zero-order valence-corrected chi connectivity index (χ0v) is 68.2. The van der Waals surface area contributed by atoms with Gasteiger partial charge in [-0.15, -0.1) is 0 Å². The molecule has 10 aliphatic rings. The Balaban J connectivity index is 1.51. The summed E-state index contributed by atoms with van der Waals surface area (Å²) in [6.45, 7) is 28.1. The van der Waals surface area contributed by atoms with Gasteiger partial charge in [-0.3, -0.25) is 28.8 Å². The number of carbonyl (C=O) groups is 12. The number of anilines is 6. The van der Waals surface area contributed by atoms with Gasteiger partial charge in [-0.2, -0.15) is 0 Å². The highest BCUT2D eigenvalue weighted by atomic mass is 79.9. The van der Waals surface area contributed by atoms with Gasteiger partial charge in [-0.1, -0.05) is 0 Å². The lowest BCUT2D eigenvalue weighted by molar-refractivity contribution is 0.0547. The summed E-state index contributed by atoms with van der Waals surface area (Å²) in [5.74, 6) is -6.17. The number of hydrogen-bond donors (Lipinski definition) is 0. The molecule has 0 aliphatic carbocycles. The number of rotatable bonds is 0. The van der Waals surface area contributed by atoms with E-state index in [4.69, 9.17) is 28.4 Å². The Morgan fingerprint density at radius 2 is 0.333 bits per heavy atom. The molecule has 6 aromatic carbocycles. The van der Waals surface area contributed by atoms with Crippen LogP contribution < -0.4 is 29.4 Å². The molecule has 0 atom stereocenters. The minimum atomic E-state index is -1.20. The van der Waals surface area contributed by atoms with Crippen molar-refractivity contribution in [1.29, 1.82) is 0 Å². The normalized spacial score (nSPS) is 14.1. The summed E-state index contributed by atoms with van der Waals surface area (Å²) in [7, 11) is 0. The first-order valence-corrected chi connectivity index (χ1v) is 35.7. The Bertz CT molecular complexity index is 3750. The van der Waals surface area contributed by atoms with Crippen molar-refractivity contribution in [2.75, 3.05) is 29.4 Å². The van der Waals surface area contributed by atoms with E-state index in [1.54, 1.807) is 125 Å². The van der Waals surface area contributed by atoms with Crippen molar-refractivity contribution in [3.05, 3.63) is 169 Å². The third kappa shape index (κ3) is 19.8. The molecule has 24 nitrogen and oxygen atoms in total. The lowest BCUT2D eigenvalue weighted by Crippen LogP contribution is -2.43. The standard InChI is InChI=1S/C72H72Br6N6O18/c1-67(2,3)97-61(91)79-37-19-25-44(49(73)31-37)56(86)81(63(93)99-69(7,8)9)39-21-27-46(51(75)33-39)58(88)83(65(95)101-71(13,14)15)41-23-29-48(53(77)35-41)60(90)84(66(96)102-72(16,17)18)42-24-30-47(54(78)36-42)59(89)82(64(94)100-70(10,11)12)40-22-28-45(52(76)34-40)57(87)80(62(92)98-68(4,5)6)38-20-26-43(55(79)85)50(74)32-38/h19-36H,1-18H3. The largest absolute Gasteiger partial charge is 0.443 e. The summed E-state index contributed by atoms with van der Waals surface area (Å²) in [6, 6.07) is 22.1. The van der Waals surface area contributed by atoms with E-state index in [1.165, 1.54) is 109 Å². The van der Waals surface area contributed by atoms with E-state index in [0.29, 0.717) is 29.4 Å². The third-order valence-corrected chi connectivity index (χ3v) is 17.3. The van der Waals surface area contributed by atoms with Gasteiger partial charge in [0.1, 0.15) is 33.6 Å². The number of imide groups is 6. The van der Waals surface area contributed by atoms with E-state index >= 15 is 28.8 Å². The molecule has 10 aliphatic heterocycles. The van der Waals surface area contributed by atoms with Gasteiger partial charge in [0.05, 0.1) is 67.5 Å². The number of benzene rings is 6. The average Bonchev–Trinajstić information content (AvgIpc) is 0.783. The maximum atomic E-state index is 15.1. The molecule has 0 saturated carbocycles. The van der Waals surface area contributed by atoms with Crippen LogP contribution in [0, 0.1) is 0 Å². The monoisotopic (exact) mass is 1780 g/mol. The predicted molar refractivity (Wildman–Crippen MR) is 403 cm³/mol. The highest BCUT2D eigenvalue weighted by Crippen LogP contribution is 2.39. The molecule has 540 valence electrons. The van der Waals surface area contributed by atoms with Gasteiger partial charge in [0.25, 0.3) is 35.4 Å². The number of nitrogens with zero attached hydrogens (tertiary/aromatic N) is 6. The smallest absolute Gasteiger partial charge is 0.422 e. The maximum absolute atomic E-state index is 15.1. The van der Waals surface area contributed by atoms with Crippen LogP contribution in [0.15, 0.2) is 136 Å². The molecule has 0 aromatic heterocycles. The predicted octanol–water partition coefficient (Wildman–Crippen LogP) is 20.1. The Kier molecular flexibility index (Phi) is 24.4. The van der Waals surface area contributed by atoms with Crippen molar-refractivity contribution in [2.24, 2.45) is 0 Å². The molecular formula is C72H72Br6N6O18. The van der Waals surface area contributed by atoms with Crippen molar-refractivity contribution in [3.8, 4) is 0 Å². The van der Waals surface area contributed by atoms with Gasteiger partial charge >= 0.3 is 36.6 Å². The molecule has 10 heterocycles. The van der Waals surface area contributed by atoms with E-state index < -0.39 is 106 Å². The number of amides is 12. The first-order valence-electron chi connectivity index (χ1n) is 31.0. The van der Waals surface area contributed by atoms with Crippen molar-refractivity contribution in [3.63, 3.8) is 0 Å². The zero-order chi connectivity index (χ0) is 76.8. The Labute approximate surface area is 639 Å². The van der Waals surface area contributed by atoms with Crippen LogP contribution >= 0.6 is 95.6 Å². The fraction of sp³-hybridized carbons (Fsp3) is 0.333. The third-order valence-electron chi connectivity index (χ3n) is 13.3. The average molecular weight is 1790 g/mol. The lowest BCUT2D eigenvalue weighted by Gasteiger charge is -2.29. The molecule has 16 rings (SSSR count). The van der Waals surface area contributed by atoms with Crippen LogP contribution in [0.2, 0.25) is 0 Å². The van der Waals surface area contributed by atoms with Gasteiger partial charge < -0.3 is 28.4 Å². The van der Waals surface area contributed by atoms with Gasteiger partial charge in [0.2, 0.25) is 0 Å². The van der Waals surface area contributed by atoms with Crippen LogP contribution in [0.3, 0.4) is 0 Å². The van der Waals surface area contributed by atoms with Crippen LogP contribution in [-0.2, 0) is 28.4 Å². The van der Waals surface area contributed by atoms with Gasteiger partial charge in [0.15, 0.2) is 0 Å². The van der Waals surface area contributed by atoms with Crippen molar-refractivity contribution in [2.45, 2.75) is 158 Å². The van der Waals surface area contributed by atoms with E-state index in [-0.39, 0.29) is 94.3 Å². The van der Waals surface area contributed by atoms with Crippen molar-refractivity contribution < 1.29 is 86.0 Å². The minimum Gasteiger partial charge on any atom is -0.443 e. The summed E-state index contributed by atoms with van der Waals surface area (Å²) in [5.41, 5.74) is -9.56. The first-order chi connectivity index (χ1) is 46.8. The molecular weight excluding hydrogens is 1720 g/mol. The second-order valence-corrected chi connectivity index (χ2v) is 33.8. The summed E-state index contributed by atoms with van der Waals surface area (Å²) in [5, 5.41) is 0. The van der Waals surface area contributed by atoms with E-state index in [0.717, 1.165) is 0 Å². The molecule has 102 heavy (non-hydrogen) atoms. The second kappa shape index (κ2) is 30.6. The molecule has 0 unspecified atom stereocenters. The van der Waals surface area contributed by atoms with Crippen LogP contribution in [0.4, 0.5) is 62.9 Å². The number of carbonyl (C=O) groups excluding carboxylic acids is 12. The fourth-order valence-corrected chi connectivity index (χ4v) is 12.5. The van der Waals surface area contributed by atoms with Gasteiger partial charge in [0, 0.05) is 26.8 Å². The molecule has 0 radical (unpaired) electrons. The molecule has 0 N–H and O–H groups in total. The Hall–Kier alpha value is -8.16. The van der Waals surface area contributed by atoms with Crippen LogP contribution in [0.5, 0.6) is 0 Å². The Morgan fingerprint density at radius 3 is 0.422 bits per heavy atom. The lowest BCUT2D eigenvalue weighted by atomic mass is 10.1. The molecule has 30 heteroatoms. The number of ether oxygens (including phenoxy) is 6. The van der Waals surface area contributed by atoms with Crippen LogP contribution in [-0.4, -0.2) is 106 Å². The molecule has 12 bridgehead atoms. The van der Waals surface area contributed by atoms with E-state index in [2.05, 4.69) is 95.6 Å². The van der Waals surface area contributed by atoms with Crippen molar-refractivity contribution >= 4 is 202 Å². The first kappa shape index (κ1) is 81.1. The minimum absolute atomic E-state index is 0.0747. The fourth-order valence-electron chi connectivity index (χ4n) is 9.30. The van der Waals surface area contributed by atoms with E-state index in [1.807, 2.05) is 0 Å². The quantitative estimate of drug-likeness (QED) is 0.128. The van der Waals surface area contributed by atoms with Crippen LogP contribution in [0.25, 0.3) is 0 Å². The topological polar surface area (TPSA) is 280 Å². The van der Waals surface area contributed by atoms with Gasteiger partial charge in [-0.05, 0) is 329 Å². The number of halogens is 6. The van der Waals surface area contributed by atoms with E-state index in [9.17, 15) is 28.8 Å². The summed E-state index contributed by atoms with van der Waals surface area (Å²) >= 11 is 20.6. The van der Waals surface area contributed by atoms with Gasteiger partial charge in [-0.25, -0.2) is 58.2 Å². The highest BCUT2D eigenvalue weighted by Gasteiger charge is 2.41. The van der Waals surface area contributed by atoms with Crippen LogP contribution in [0.1, 0.15) is 187 Å². The molecule has 6 aromatic rings. The molecule has 0 fully saturated rings. The molecule has 0 spiro atoms. The summed E-state index contributed by atoms with van der Waals surface area (Å²) < 4.78 is 34.1. The number of hydrogen-bond acceptors (Lipinski definition) is 18. The molecule has 12 amide bonds. The second-order valence-electron chi connectivity index (χ2n) is 28.7. The zero-order valence-electron chi connectivity index (χ0n) is 58.7. The molecule has 0 saturated heterocycles. The summed E-state index contributed by atoms with van der Waals surface area (Å²) in [6.07, 6.45) is -7.13. The highest BCUT2D eigenvalue weighted by molar-refractivity contribution is 9.11. The summed E-state index contributed by atoms with van der Waals surface area (Å²) in [4.78, 5) is 181. The maximum Gasteiger partial charge on any atom is 0.422 e. The SMILES string of the molecule is CC(C)(C)OC(=O)N1C(=O)c2ccc(cc2Br)N(C(=O)OC(C)(C)C)C(=O)c2ccc(cc2Br)N(C(=O)OC(C)(C)C)C(=O)c2ccc(cc2Br)N(C(=O)OC(C)(C)C)C(=O)c2ccc(cc2Br)N(C(=O)OC(C)(C)C)C(=O)c2ccc(cc2Br)N(C(=O)OC(C)(C)C)C(=O)c2ccc1cc2Br.